The van der Waals surface area contributed by atoms with Crippen LogP contribution in [0.25, 0.3) is 0 Å². The van der Waals surface area contributed by atoms with Gasteiger partial charge in [-0.2, -0.15) is 0 Å². The van der Waals surface area contributed by atoms with E-state index < -0.39 is 22.7 Å². The van der Waals surface area contributed by atoms with Gasteiger partial charge in [-0.25, -0.2) is 4.39 Å². The molecule has 27 heavy (non-hydrogen) atoms. The zero-order valence-electron chi connectivity index (χ0n) is 14.8. The smallest absolute Gasteiger partial charge is 0.326 e. The Morgan fingerprint density at radius 1 is 1.11 bits per heavy atom. The van der Waals surface area contributed by atoms with Gasteiger partial charge in [-0.15, -0.1) is 0 Å². The number of anilines is 1. The molecular weight excluding hydrogens is 369 g/mol. The lowest BCUT2D eigenvalue weighted by molar-refractivity contribution is -0.168. The van der Waals surface area contributed by atoms with E-state index in [2.05, 4.69) is 0 Å². The predicted octanol–water partition coefficient (Wildman–Crippen LogP) is 3.54. The lowest BCUT2D eigenvalue weighted by Gasteiger charge is -2.30. The van der Waals surface area contributed by atoms with Crippen LogP contribution in [0.2, 0.25) is 0 Å². The van der Waals surface area contributed by atoms with E-state index in [0.717, 1.165) is 10.6 Å². The largest absolute Gasteiger partial charge is 0.468 e. The number of thioether (sulfide) groups is 1. The highest BCUT2D eigenvalue weighted by atomic mass is 32.2. The van der Waals surface area contributed by atoms with Gasteiger partial charge >= 0.3 is 11.9 Å². The number of hydrogen-bond acceptors (Lipinski definition) is 6. The van der Waals surface area contributed by atoms with E-state index in [4.69, 9.17) is 9.47 Å². The second-order valence-electron chi connectivity index (χ2n) is 6.57. The van der Waals surface area contributed by atoms with E-state index in [1.54, 1.807) is 12.1 Å². The quantitative estimate of drug-likeness (QED) is 0.593. The number of carbonyl (C=O) groups is 2. The Labute approximate surface area is 160 Å². The minimum Gasteiger partial charge on any atom is -0.468 e. The van der Waals surface area contributed by atoms with Crippen molar-refractivity contribution in [1.82, 2.24) is 0 Å². The summed E-state index contributed by atoms with van der Waals surface area (Å²) in [6, 6.07) is 13.6. The van der Waals surface area contributed by atoms with Crippen LogP contribution < -0.4 is 4.90 Å². The minimum absolute atomic E-state index is 0.155. The van der Waals surface area contributed by atoms with Crippen molar-refractivity contribution in [2.75, 3.05) is 19.1 Å². The van der Waals surface area contributed by atoms with Gasteiger partial charge in [0.1, 0.15) is 11.2 Å². The van der Waals surface area contributed by atoms with Crippen LogP contribution in [-0.2, 0) is 19.1 Å². The Morgan fingerprint density at radius 3 is 2.48 bits per heavy atom. The Kier molecular flexibility index (Phi) is 4.34. The molecule has 5 nitrogen and oxygen atoms in total. The van der Waals surface area contributed by atoms with Crippen molar-refractivity contribution in [3.63, 3.8) is 0 Å². The van der Waals surface area contributed by atoms with Gasteiger partial charge < -0.3 is 14.4 Å². The van der Waals surface area contributed by atoms with Gasteiger partial charge in [-0.3, -0.25) is 9.59 Å². The molecule has 2 aliphatic rings. The van der Waals surface area contributed by atoms with Crippen molar-refractivity contribution >= 4 is 29.4 Å². The molecule has 0 saturated carbocycles. The maximum absolute atomic E-state index is 13.9. The van der Waals surface area contributed by atoms with Crippen LogP contribution in [0.1, 0.15) is 18.0 Å². The maximum Gasteiger partial charge on any atom is 0.326 e. The molecule has 140 valence electrons. The fraction of sp³-hybridized carbons (Fsp3) is 0.300. The number of halogens is 1. The molecule has 0 radical (unpaired) electrons. The third-order valence-corrected chi connectivity index (χ3v) is 6.69. The molecule has 1 fully saturated rings. The topological polar surface area (TPSA) is 55.8 Å². The second kappa shape index (κ2) is 6.56. The van der Waals surface area contributed by atoms with E-state index in [9.17, 15) is 14.0 Å². The number of hydrogen-bond donors (Lipinski definition) is 0. The summed E-state index contributed by atoms with van der Waals surface area (Å²) in [7, 11) is 2.53. The van der Waals surface area contributed by atoms with Crippen LogP contribution in [0, 0.1) is 11.2 Å². The standard InChI is InChI=1S/C20H18FNO4S/c1-25-18(23)20(19(24)26-2)11-15(12-6-5-7-13(21)10-12)22-14-8-3-4-9-16(14)27-17(20)22/h3-10,15,17H,11H2,1-2H3/t15-,17+/m0/s1. The molecule has 2 aromatic rings. The summed E-state index contributed by atoms with van der Waals surface area (Å²) in [4.78, 5) is 28.6. The molecule has 0 N–H and O–H groups in total. The van der Waals surface area contributed by atoms with Gasteiger partial charge in [0.25, 0.3) is 0 Å². The Morgan fingerprint density at radius 2 is 1.81 bits per heavy atom. The molecule has 4 rings (SSSR count). The fourth-order valence-corrected chi connectivity index (χ4v) is 5.61. The molecular formula is C20H18FNO4S. The lowest BCUT2D eigenvalue weighted by Crippen LogP contribution is -2.48. The van der Waals surface area contributed by atoms with Gasteiger partial charge in [-0.05, 0) is 29.8 Å². The van der Waals surface area contributed by atoms with Gasteiger partial charge in [0.05, 0.1) is 25.9 Å². The predicted molar refractivity (Wildman–Crippen MR) is 98.8 cm³/mol. The molecule has 0 amide bonds. The molecule has 0 bridgehead atoms. The summed E-state index contributed by atoms with van der Waals surface area (Å²) in [5.41, 5.74) is 0.118. The second-order valence-corrected chi connectivity index (χ2v) is 7.70. The first-order valence-corrected chi connectivity index (χ1v) is 9.37. The van der Waals surface area contributed by atoms with E-state index in [1.165, 1.54) is 38.1 Å². The van der Waals surface area contributed by atoms with E-state index in [0.29, 0.717) is 5.56 Å². The summed E-state index contributed by atoms with van der Waals surface area (Å²) in [5.74, 6) is -1.63. The van der Waals surface area contributed by atoms with Gasteiger partial charge in [-0.1, -0.05) is 36.0 Å². The molecule has 0 spiro atoms. The Balaban J connectivity index is 1.91. The average Bonchev–Trinajstić information content (AvgIpc) is 3.23. The first kappa shape index (κ1) is 17.9. The molecule has 0 unspecified atom stereocenters. The van der Waals surface area contributed by atoms with Crippen LogP contribution >= 0.6 is 11.8 Å². The summed E-state index contributed by atoms with van der Waals surface area (Å²) in [6.45, 7) is 0. The van der Waals surface area contributed by atoms with Crippen molar-refractivity contribution in [3.05, 3.63) is 59.9 Å². The van der Waals surface area contributed by atoms with Crippen molar-refractivity contribution in [3.8, 4) is 0 Å². The first-order valence-electron chi connectivity index (χ1n) is 8.49. The highest BCUT2D eigenvalue weighted by Gasteiger charge is 2.66. The first-order chi connectivity index (χ1) is 13.0. The summed E-state index contributed by atoms with van der Waals surface area (Å²) in [6.07, 6.45) is 0.155. The maximum atomic E-state index is 13.9. The van der Waals surface area contributed by atoms with Gasteiger partial charge in [0.15, 0.2) is 5.41 Å². The molecule has 2 atom stereocenters. The van der Waals surface area contributed by atoms with Crippen molar-refractivity contribution in [1.29, 1.82) is 0 Å². The molecule has 2 heterocycles. The number of benzene rings is 2. The number of methoxy groups -OCH3 is 2. The fourth-order valence-electron chi connectivity index (χ4n) is 4.06. The number of rotatable bonds is 3. The van der Waals surface area contributed by atoms with Crippen LogP contribution in [0.3, 0.4) is 0 Å². The van der Waals surface area contributed by atoms with Gasteiger partial charge in [0.2, 0.25) is 0 Å². The SMILES string of the molecule is COC(=O)C1(C(=O)OC)C[C@@H](c2cccc(F)c2)N2c3ccccc3S[C@@H]21. The summed E-state index contributed by atoms with van der Waals surface area (Å²) >= 11 is 1.43. The van der Waals surface area contributed by atoms with Crippen LogP contribution in [0.4, 0.5) is 10.1 Å². The normalized spacial score (nSPS) is 22.1. The molecule has 0 aromatic heterocycles. The molecule has 1 saturated heterocycles. The van der Waals surface area contributed by atoms with Gasteiger partial charge in [0, 0.05) is 11.3 Å². The monoisotopic (exact) mass is 387 g/mol. The van der Waals surface area contributed by atoms with E-state index in [1.807, 2.05) is 29.2 Å². The lowest BCUT2D eigenvalue weighted by atomic mass is 9.83. The molecule has 2 aromatic carbocycles. The van der Waals surface area contributed by atoms with Crippen molar-refractivity contribution < 1.29 is 23.5 Å². The van der Waals surface area contributed by atoms with Crippen LogP contribution in [0.15, 0.2) is 53.4 Å². The number of nitrogens with zero attached hydrogens (tertiary/aromatic N) is 1. The summed E-state index contributed by atoms with van der Waals surface area (Å²) < 4.78 is 23.9. The van der Waals surface area contributed by atoms with E-state index >= 15 is 0 Å². The molecule has 2 aliphatic heterocycles. The third kappa shape index (κ3) is 2.52. The molecule has 7 heteroatoms. The van der Waals surface area contributed by atoms with Crippen molar-refractivity contribution in [2.45, 2.75) is 22.7 Å². The number of para-hydroxylation sites is 1. The number of esters is 2. The highest BCUT2D eigenvalue weighted by molar-refractivity contribution is 8.00. The zero-order valence-corrected chi connectivity index (χ0v) is 15.7. The third-order valence-electron chi connectivity index (χ3n) is 5.24. The van der Waals surface area contributed by atoms with Crippen LogP contribution in [0.5, 0.6) is 0 Å². The Bertz CT molecular complexity index is 902. The number of carbonyl (C=O) groups excluding carboxylic acids is 2. The average molecular weight is 387 g/mol. The minimum atomic E-state index is -1.50. The number of fused-ring (bicyclic) bond motifs is 3. The van der Waals surface area contributed by atoms with E-state index in [-0.39, 0.29) is 18.3 Å². The Hall–Kier alpha value is -2.54. The zero-order chi connectivity index (χ0) is 19.2. The molecule has 0 aliphatic carbocycles. The summed E-state index contributed by atoms with van der Waals surface area (Å²) in [5, 5.41) is -0.525. The van der Waals surface area contributed by atoms with Crippen molar-refractivity contribution in [2.24, 2.45) is 5.41 Å². The number of ether oxygens (including phenoxy) is 2. The van der Waals surface area contributed by atoms with Crippen LogP contribution in [-0.4, -0.2) is 31.5 Å². The highest BCUT2D eigenvalue weighted by Crippen LogP contribution is 2.61.